The third-order valence-electron chi connectivity index (χ3n) is 2.51. The van der Waals surface area contributed by atoms with E-state index in [1.807, 2.05) is 0 Å². The highest BCUT2D eigenvalue weighted by Crippen LogP contribution is 2.61. The molecule has 13 heavy (non-hydrogen) atoms. The molecule has 0 radical (unpaired) electrons. The fraction of sp³-hybridized carbons (Fsp3) is 0.875. The van der Waals surface area contributed by atoms with Gasteiger partial charge in [0.2, 0.25) is 0 Å². The second-order valence-electron chi connectivity index (χ2n) is 4.40. The van der Waals surface area contributed by atoms with E-state index in [1.165, 1.54) is 0 Å². The minimum atomic E-state index is -4.63. The Morgan fingerprint density at radius 1 is 1.31 bits per heavy atom. The van der Waals surface area contributed by atoms with Crippen LogP contribution in [0.5, 0.6) is 0 Å². The van der Waals surface area contributed by atoms with Crippen LogP contribution < -0.4 is 0 Å². The summed E-state index contributed by atoms with van der Waals surface area (Å²) in [5.74, 6) is -1.75. The molecule has 0 unspecified atom stereocenters. The first-order valence-electron chi connectivity index (χ1n) is 3.91. The van der Waals surface area contributed by atoms with Gasteiger partial charge in [0.15, 0.2) is 5.41 Å². The smallest absolute Gasteiger partial charge is 0.404 e. The van der Waals surface area contributed by atoms with Gasteiger partial charge in [0.05, 0.1) is 0 Å². The highest BCUT2D eigenvalue weighted by molar-refractivity contribution is 5.77. The molecule has 0 heterocycles. The summed E-state index contributed by atoms with van der Waals surface area (Å²) >= 11 is 0. The molecule has 1 aliphatic rings. The minimum absolute atomic E-state index is 0.321. The minimum Gasteiger partial charge on any atom is -0.481 e. The molecule has 76 valence electrons. The molecule has 1 aliphatic carbocycles. The Bertz CT molecular complexity index is 234. The standard InChI is InChI=1S/C8H11F3O2/c1-6(2)3-7(4-6,5(12)13)8(9,10)11/h3-4H2,1-2H3,(H,12,13). The Balaban J connectivity index is 2.91. The average molecular weight is 196 g/mol. The topological polar surface area (TPSA) is 37.3 Å². The zero-order chi connectivity index (χ0) is 10.5. The lowest BCUT2D eigenvalue weighted by molar-refractivity contribution is -0.274. The lowest BCUT2D eigenvalue weighted by Gasteiger charge is -2.50. The molecule has 1 N–H and O–H groups in total. The van der Waals surface area contributed by atoms with E-state index in [0.29, 0.717) is 0 Å². The van der Waals surface area contributed by atoms with Crippen LogP contribution in [0.2, 0.25) is 0 Å². The van der Waals surface area contributed by atoms with Gasteiger partial charge < -0.3 is 5.11 Å². The van der Waals surface area contributed by atoms with E-state index in [1.54, 1.807) is 13.8 Å². The van der Waals surface area contributed by atoms with Crippen LogP contribution in [-0.2, 0) is 4.79 Å². The summed E-state index contributed by atoms with van der Waals surface area (Å²) in [4.78, 5) is 10.5. The molecule has 0 aliphatic heterocycles. The van der Waals surface area contributed by atoms with Gasteiger partial charge in [-0.2, -0.15) is 13.2 Å². The number of carboxylic acids is 1. The zero-order valence-electron chi connectivity index (χ0n) is 7.40. The van der Waals surface area contributed by atoms with Crippen molar-refractivity contribution in [2.24, 2.45) is 10.8 Å². The predicted molar refractivity (Wildman–Crippen MR) is 39.1 cm³/mol. The first kappa shape index (κ1) is 10.3. The van der Waals surface area contributed by atoms with E-state index in [4.69, 9.17) is 5.11 Å². The van der Waals surface area contributed by atoms with Crippen LogP contribution in [0, 0.1) is 10.8 Å². The van der Waals surface area contributed by atoms with Crippen molar-refractivity contribution in [1.82, 2.24) is 0 Å². The molecule has 0 aromatic carbocycles. The fourth-order valence-corrected chi connectivity index (χ4v) is 2.06. The lowest BCUT2D eigenvalue weighted by atomic mass is 9.54. The van der Waals surface area contributed by atoms with Gasteiger partial charge in [0.1, 0.15) is 0 Å². The van der Waals surface area contributed by atoms with Gasteiger partial charge in [-0.1, -0.05) is 13.8 Å². The third-order valence-corrected chi connectivity index (χ3v) is 2.51. The first-order chi connectivity index (χ1) is 5.61. The number of aliphatic carboxylic acids is 1. The lowest BCUT2D eigenvalue weighted by Crippen LogP contribution is -2.57. The van der Waals surface area contributed by atoms with E-state index < -0.39 is 23.0 Å². The third kappa shape index (κ3) is 1.40. The normalized spacial score (nSPS) is 25.0. The predicted octanol–water partition coefficient (Wildman–Crippen LogP) is 2.44. The van der Waals surface area contributed by atoms with Crippen LogP contribution in [0.25, 0.3) is 0 Å². The molecule has 0 amide bonds. The van der Waals surface area contributed by atoms with Crippen molar-refractivity contribution in [3.05, 3.63) is 0 Å². The van der Waals surface area contributed by atoms with E-state index in [2.05, 4.69) is 0 Å². The number of hydrogen-bond acceptors (Lipinski definition) is 1. The summed E-state index contributed by atoms with van der Waals surface area (Å²) in [7, 11) is 0. The van der Waals surface area contributed by atoms with E-state index in [0.717, 1.165) is 0 Å². The van der Waals surface area contributed by atoms with Crippen LogP contribution in [0.1, 0.15) is 26.7 Å². The van der Waals surface area contributed by atoms with Crippen LogP contribution in [0.15, 0.2) is 0 Å². The highest BCUT2D eigenvalue weighted by Gasteiger charge is 2.69. The van der Waals surface area contributed by atoms with Gasteiger partial charge in [0, 0.05) is 0 Å². The monoisotopic (exact) mass is 196 g/mol. The maximum absolute atomic E-state index is 12.4. The Morgan fingerprint density at radius 3 is 1.77 bits per heavy atom. The van der Waals surface area contributed by atoms with Crippen molar-refractivity contribution in [2.45, 2.75) is 32.9 Å². The van der Waals surface area contributed by atoms with Gasteiger partial charge in [-0.3, -0.25) is 4.79 Å². The van der Waals surface area contributed by atoms with E-state index in [-0.39, 0.29) is 12.8 Å². The molecule has 0 aromatic heterocycles. The molecule has 0 aromatic rings. The Morgan fingerprint density at radius 2 is 1.69 bits per heavy atom. The Kier molecular flexibility index (Phi) is 1.90. The number of carbonyl (C=O) groups is 1. The van der Waals surface area contributed by atoms with E-state index >= 15 is 0 Å². The molecule has 2 nitrogen and oxygen atoms in total. The Labute approximate surface area is 73.7 Å². The van der Waals surface area contributed by atoms with Crippen LogP contribution in [0.3, 0.4) is 0 Å². The quantitative estimate of drug-likeness (QED) is 0.699. The number of halogens is 3. The van der Waals surface area contributed by atoms with Crippen molar-refractivity contribution >= 4 is 5.97 Å². The van der Waals surface area contributed by atoms with Crippen molar-refractivity contribution in [1.29, 1.82) is 0 Å². The molecule has 0 atom stereocenters. The van der Waals surface area contributed by atoms with Crippen molar-refractivity contribution < 1.29 is 23.1 Å². The van der Waals surface area contributed by atoms with Gasteiger partial charge in [-0.25, -0.2) is 0 Å². The zero-order valence-corrected chi connectivity index (χ0v) is 7.40. The van der Waals surface area contributed by atoms with Gasteiger partial charge in [0.25, 0.3) is 0 Å². The van der Waals surface area contributed by atoms with Crippen molar-refractivity contribution in [3.63, 3.8) is 0 Å². The molecular formula is C8H11F3O2. The molecular weight excluding hydrogens is 185 g/mol. The summed E-state index contributed by atoms with van der Waals surface area (Å²) in [6, 6.07) is 0. The van der Waals surface area contributed by atoms with E-state index in [9.17, 15) is 18.0 Å². The molecule has 1 fully saturated rings. The number of alkyl halides is 3. The van der Waals surface area contributed by atoms with Gasteiger partial charge in [-0.15, -0.1) is 0 Å². The average Bonchev–Trinajstić information content (AvgIpc) is 1.78. The maximum Gasteiger partial charge on any atom is 0.404 e. The highest BCUT2D eigenvalue weighted by atomic mass is 19.4. The first-order valence-corrected chi connectivity index (χ1v) is 3.91. The largest absolute Gasteiger partial charge is 0.481 e. The van der Waals surface area contributed by atoms with Crippen LogP contribution in [-0.4, -0.2) is 17.3 Å². The number of rotatable bonds is 1. The summed E-state index contributed by atoms with van der Waals surface area (Å²) in [6.45, 7) is 3.28. The molecule has 0 saturated heterocycles. The number of hydrogen-bond donors (Lipinski definition) is 1. The summed E-state index contributed by atoms with van der Waals surface area (Å²) in [5, 5.41) is 8.53. The number of carboxylic acid groups (broad SMARTS) is 1. The molecule has 1 saturated carbocycles. The second-order valence-corrected chi connectivity index (χ2v) is 4.40. The van der Waals surface area contributed by atoms with Gasteiger partial charge >= 0.3 is 12.1 Å². The van der Waals surface area contributed by atoms with Gasteiger partial charge in [-0.05, 0) is 18.3 Å². The van der Waals surface area contributed by atoms with Crippen LogP contribution >= 0.6 is 0 Å². The second kappa shape index (κ2) is 2.39. The summed E-state index contributed by atoms with van der Waals surface area (Å²) < 4.78 is 37.1. The molecule has 0 spiro atoms. The van der Waals surface area contributed by atoms with Crippen molar-refractivity contribution in [3.8, 4) is 0 Å². The van der Waals surface area contributed by atoms with Crippen LogP contribution in [0.4, 0.5) is 13.2 Å². The SMILES string of the molecule is CC1(C)CC(C(=O)O)(C(F)(F)F)C1. The maximum atomic E-state index is 12.4. The summed E-state index contributed by atoms with van der Waals surface area (Å²) in [5.41, 5.74) is -3.00. The summed E-state index contributed by atoms with van der Waals surface area (Å²) in [6.07, 6.45) is -5.27. The molecule has 5 heteroatoms. The fourth-order valence-electron chi connectivity index (χ4n) is 2.06. The van der Waals surface area contributed by atoms with Crippen molar-refractivity contribution in [2.75, 3.05) is 0 Å². The molecule has 1 rings (SSSR count). The Hall–Kier alpha value is -0.740. The molecule has 0 bridgehead atoms.